The lowest BCUT2D eigenvalue weighted by Crippen LogP contribution is -2.50. The minimum atomic E-state index is -4.10. The van der Waals surface area contributed by atoms with Gasteiger partial charge >= 0.3 is 0 Å². The van der Waals surface area contributed by atoms with Gasteiger partial charge in [-0.1, -0.05) is 0 Å². The molecule has 3 rings (SSSR count). The zero-order valence-electron chi connectivity index (χ0n) is 16.2. The first-order chi connectivity index (χ1) is 13.7. The van der Waals surface area contributed by atoms with Gasteiger partial charge in [0.2, 0.25) is 10.0 Å². The lowest BCUT2D eigenvalue weighted by molar-refractivity contribution is 0.0697. The molecule has 0 aromatic heterocycles. The number of hydrogen-bond donors (Lipinski definition) is 0. The molecule has 0 unspecified atom stereocenters. The van der Waals surface area contributed by atoms with Gasteiger partial charge in [-0.3, -0.25) is 4.79 Å². The van der Waals surface area contributed by atoms with Crippen molar-refractivity contribution < 1.29 is 26.7 Å². The summed E-state index contributed by atoms with van der Waals surface area (Å²) in [5.74, 6) is -1.47. The molecule has 1 amide bonds. The molecule has 1 fully saturated rings. The molecule has 1 heterocycles. The molecule has 2 aromatic carbocycles. The number of aryl methyl sites for hydroxylation is 1. The van der Waals surface area contributed by atoms with Crippen LogP contribution in [0.15, 0.2) is 41.3 Å². The Hall–Kier alpha value is -2.52. The van der Waals surface area contributed by atoms with Gasteiger partial charge in [0, 0.05) is 37.8 Å². The number of amides is 1. The monoisotopic (exact) mass is 424 g/mol. The minimum absolute atomic E-state index is 0.0287. The summed E-state index contributed by atoms with van der Waals surface area (Å²) < 4.78 is 58.9. The number of ether oxygens (including phenoxy) is 1. The van der Waals surface area contributed by atoms with E-state index in [1.165, 1.54) is 0 Å². The molecule has 1 saturated heterocycles. The molecule has 9 heteroatoms. The van der Waals surface area contributed by atoms with Crippen LogP contribution in [0.2, 0.25) is 0 Å². The number of sulfonamides is 1. The zero-order chi connectivity index (χ0) is 21.2. The number of carbonyl (C=O) groups excluding carboxylic acids is 1. The lowest BCUT2D eigenvalue weighted by atomic mass is 10.1. The quantitative estimate of drug-likeness (QED) is 0.740. The van der Waals surface area contributed by atoms with Crippen molar-refractivity contribution >= 4 is 15.9 Å². The second-order valence-electron chi connectivity index (χ2n) is 6.68. The number of piperazine rings is 1. The van der Waals surface area contributed by atoms with Gasteiger partial charge in [0.1, 0.15) is 22.3 Å². The zero-order valence-corrected chi connectivity index (χ0v) is 17.0. The van der Waals surface area contributed by atoms with Crippen molar-refractivity contribution in [3.8, 4) is 5.75 Å². The summed E-state index contributed by atoms with van der Waals surface area (Å²) in [6, 6.07) is 7.52. The molecule has 0 spiro atoms. The third kappa shape index (κ3) is 4.40. The summed E-state index contributed by atoms with van der Waals surface area (Å²) in [6.45, 7) is 4.66. The molecule has 0 radical (unpaired) electrons. The van der Waals surface area contributed by atoms with E-state index in [1.54, 1.807) is 23.1 Å². The number of hydrogen-bond acceptors (Lipinski definition) is 4. The SMILES string of the molecule is CCOc1ccc(C(=O)N2CCN(S(=O)(=O)c3ccc(F)cc3F)CC2)cc1C. The van der Waals surface area contributed by atoms with Crippen LogP contribution >= 0.6 is 0 Å². The Morgan fingerprint density at radius 1 is 1.07 bits per heavy atom. The predicted octanol–water partition coefficient (Wildman–Crippen LogP) is 2.82. The second-order valence-corrected chi connectivity index (χ2v) is 8.59. The van der Waals surface area contributed by atoms with Gasteiger partial charge in [0.05, 0.1) is 6.61 Å². The van der Waals surface area contributed by atoms with Gasteiger partial charge in [-0.15, -0.1) is 0 Å². The lowest BCUT2D eigenvalue weighted by Gasteiger charge is -2.34. The molecule has 1 aliphatic rings. The van der Waals surface area contributed by atoms with Gasteiger partial charge in [0.15, 0.2) is 0 Å². The standard InChI is InChI=1S/C20H22F2N2O4S/c1-3-28-18-6-4-15(12-14(18)2)20(25)23-8-10-24(11-9-23)29(26,27)19-7-5-16(21)13-17(19)22/h4-7,12-13H,3,8-11H2,1-2H3. The fourth-order valence-corrected chi connectivity index (χ4v) is 4.71. The van der Waals surface area contributed by atoms with E-state index in [0.29, 0.717) is 24.0 Å². The highest BCUT2D eigenvalue weighted by Crippen LogP contribution is 2.23. The predicted molar refractivity (Wildman–Crippen MR) is 103 cm³/mol. The molecule has 29 heavy (non-hydrogen) atoms. The number of benzene rings is 2. The normalized spacial score (nSPS) is 15.4. The van der Waals surface area contributed by atoms with Crippen molar-refractivity contribution in [3.63, 3.8) is 0 Å². The van der Waals surface area contributed by atoms with Gasteiger partial charge in [0.25, 0.3) is 5.91 Å². The van der Waals surface area contributed by atoms with Crippen molar-refractivity contribution in [1.29, 1.82) is 0 Å². The van der Waals surface area contributed by atoms with E-state index in [9.17, 15) is 22.0 Å². The Morgan fingerprint density at radius 2 is 1.76 bits per heavy atom. The maximum atomic E-state index is 13.9. The van der Waals surface area contributed by atoms with Crippen LogP contribution in [0.1, 0.15) is 22.8 Å². The molecule has 6 nitrogen and oxygen atoms in total. The van der Waals surface area contributed by atoms with Crippen LogP contribution in [-0.4, -0.2) is 56.3 Å². The molecule has 1 aliphatic heterocycles. The third-order valence-electron chi connectivity index (χ3n) is 4.76. The fourth-order valence-electron chi connectivity index (χ4n) is 3.24. The van der Waals surface area contributed by atoms with Gasteiger partial charge < -0.3 is 9.64 Å². The summed E-state index contributed by atoms with van der Waals surface area (Å²) in [7, 11) is -4.10. The van der Waals surface area contributed by atoms with E-state index in [0.717, 1.165) is 22.0 Å². The number of nitrogens with zero attached hydrogens (tertiary/aromatic N) is 2. The molecule has 156 valence electrons. The Kier molecular flexibility index (Phi) is 6.18. The van der Waals surface area contributed by atoms with Crippen molar-refractivity contribution in [2.24, 2.45) is 0 Å². The second kappa shape index (κ2) is 8.46. The van der Waals surface area contributed by atoms with Crippen LogP contribution in [0.25, 0.3) is 0 Å². The highest BCUT2D eigenvalue weighted by atomic mass is 32.2. The largest absolute Gasteiger partial charge is 0.494 e. The van der Waals surface area contributed by atoms with E-state index in [4.69, 9.17) is 4.74 Å². The van der Waals surface area contributed by atoms with Crippen LogP contribution in [0, 0.1) is 18.6 Å². The van der Waals surface area contributed by atoms with E-state index in [-0.39, 0.29) is 32.1 Å². The summed E-state index contributed by atoms with van der Waals surface area (Å²) in [5.41, 5.74) is 1.33. The van der Waals surface area contributed by atoms with Gasteiger partial charge in [-0.25, -0.2) is 17.2 Å². The topological polar surface area (TPSA) is 66.9 Å². The number of rotatable bonds is 5. The van der Waals surface area contributed by atoms with Gasteiger partial charge in [-0.2, -0.15) is 4.31 Å². The summed E-state index contributed by atoms with van der Waals surface area (Å²) in [5, 5.41) is 0. The van der Waals surface area contributed by atoms with Crippen molar-refractivity contribution in [2.45, 2.75) is 18.7 Å². The number of halogens is 2. The molecule has 0 atom stereocenters. The van der Waals surface area contributed by atoms with E-state index >= 15 is 0 Å². The van der Waals surface area contributed by atoms with E-state index in [1.807, 2.05) is 13.8 Å². The van der Waals surface area contributed by atoms with Crippen molar-refractivity contribution in [3.05, 3.63) is 59.2 Å². The number of carbonyl (C=O) groups is 1. The summed E-state index contributed by atoms with van der Waals surface area (Å²) >= 11 is 0. The maximum Gasteiger partial charge on any atom is 0.253 e. The fraction of sp³-hybridized carbons (Fsp3) is 0.350. The van der Waals surface area contributed by atoms with Crippen LogP contribution in [-0.2, 0) is 10.0 Å². The summed E-state index contributed by atoms with van der Waals surface area (Å²) in [4.78, 5) is 13.7. The molecule has 0 saturated carbocycles. The van der Waals surface area contributed by atoms with Crippen molar-refractivity contribution in [2.75, 3.05) is 32.8 Å². The van der Waals surface area contributed by atoms with Crippen LogP contribution in [0.4, 0.5) is 8.78 Å². The van der Waals surface area contributed by atoms with Crippen LogP contribution in [0.3, 0.4) is 0 Å². The van der Waals surface area contributed by atoms with Crippen molar-refractivity contribution in [1.82, 2.24) is 9.21 Å². The molecule has 0 aliphatic carbocycles. The van der Waals surface area contributed by atoms with Gasteiger partial charge in [-0.05, 0) is 49.7 Å². The van der Waals surface area contributed by atoms with E-state index < -0.39 is 26.6 Å². The Bertz CT molecular complexity index is 1020. The molecular formula is C20H22F2N2O4S. The Balaban J connectivity index is 1.70. The summed E-state index contributed by atoms with van der Waals surface area (Å²) in [6.07, 6.45) is 0. The molecule has 0 N–H and O–H groups in total. The average Bonchev–Trinajstić information content (AvgIpc) is 2.69. The third-order valence-corrected chi connectivity index (χ3v) is 6.69. The van der Waals surface area contributed by atoms with E-state index in [2.05, 4.69) is 0 Å². The first kappa shape index (κ1) is 21.2. The molecule has 0 bridgehead atoms. The Labute approximate surface area is 168 Å². The first-order valence-electron chi connectivity index (χ1n) is 9.22. The molecule has 2 aromatic rings. The first-order valence-corrected chi connectivity index (χ1v) is 10.7. The highest BCUT2D eigenvalue weighted by Gasteiger charge is 2.32. The Morgan fingerprint density at radius 3 is 2.34 bits per heavy atom. The highest BCUT2D eigenvalue weighted by molar-refractivity contribution is 7.89. The average molecular weight is 424 g/mol. The molecular weight excluding hydrogens is 402 g/mol. The minimum Gasteiger partial charge on any atom is -0.494 e. The smallest absolute Gasteiger partial charge is 0.253 e. The van der Waals surface area contributed by atoms with Crippen LogP contribution < -0.4 is 4.74 Å². The maximum absolute atomic E-state index is 13.9. The van der Waals surface area contributed by atoms with Crippen LogP contribution in [0.5, 0.6) is 5.75 Å².